The average Bonchev–Trinajstić information content (AvgIpc) is 3.24. The highest BCUT2D eigenvalue weighted by atomic mass is 16.5. The SMILES string of the molecule is COCC(C)NC1/N=C(\C)N(CC2C=C(CN3CCCC3)C=CC2)CC(=O)N/C=C(\N)N1. The van der Waals surface area contributed by atoms with Crippen LogP contribution in [-0.4, -0.2) is 80.3 Å². The van der Waals surface area contributed by atoms with Gasteiger partial charge in [0, 0.05) is 32.4 Å². The van der Waals surface area contributed by atoms with Crippen molar-refractivity contribution in [1.29, 1.82) is 0 Å². The molecule has 3 aliphatic rings. The fourth-order valence-corrected chi connectivity index (χ4v) is 4.37. The molecule has 2 aliphatic heterocycles. The number of rotatable bonds is 8. The van der Waals surface area contributed by atoms with E-state index in [4.69, 9.17) is 15.5 Å². The summed E-state index contributed by atoms with van der Waals surface area (Å²) in [4.78, 5) is 21.9. The van der Waals surface area contributed by atoms with E-state index < -0.39 is 6.29 Å². The van der Waals surface area contributed by atoms with Gasteiger partial charge in [0.2, 0.25) is 5.91 Å². The average molecular weight is 446 g/mol. The van der Waals surface area contributed by atoms with Crippen molar-refractivity contribution in [3.8, 4) is 0 Å². The molecule has 32 heavy (non-hydrogen) atoms. The molecular formula is C23H39N7O2. The zero-order chi connectivity index (χ0) is 22.9. The first-order chi connectivity index (χ1) is 15.4. The number of carbonyl (C=O) groups excluding carboxylic acids is 1. The maximum absolute atomic E-state index is 12.5. The molecule has 0 bridgehead atoms. The molecule has 1 fully saturated rings. The van der Waals surface area contributed by atoms with Crippen LogP contribution in [0.4, 0.5) is 0 Å². The topological polar surface area (TPSA) is 107 Å². The Kier molecular flexibility index (Phi) is 9.13. The first-order valence-corrected chi connectivity index (χ1v) is 11.6. The Morgan fingerprint density at radius 3 is 2.91 bits per heavy atom. The molecule has 2 heterocycles. The van der Waals surface area contributed by atoms with Crippen molar-refractivity contribution in [2.45, 2.75) is 45.4 Å². The molecule has 0 spiro atoms. The zero-order valence-electron chi connectivity index (χ0n) is 19.6. The highest BCUT2D eigenvalue weighted by molar-refractivity contribution is 5.87. The van der Waals surface area contributed by atoms with Gasteiger partial charge in [-0.2, -0.15) is 0 Å². The lowest BCUT2D eigenvalue weighted by Crippen LogP contribution is -2.50. The molecule has 0 aromatic heterocycles. The third-order valence-corrected chi connectivity index (χ3v) is 5.94. The molecule has 3 rings (SSSR count). The number of likely N-dealkylation sites (tertiary alicyclic amines) is 1. The quantitative estimate of drug-likeness (QED) is 0.435. The summed E-state index contributed by atoms with van der Waals surface area (Å²) in [5.41, 5.74) is 7.37. The standard InChI is InChI=1S/C23H39N7O2/c1-17(16-32-3)26-23-27-18(2)30(15-22(31)25-12-21(24)28-23)14-20-8-6-7-19(11-20)13-29-9-4-5-10-29/h6-7,11-12,17,20,23,26,28H,4-5,8-10,13-16,24H2,1-3H3,(H,25,31)/b21-12+,27-18+. The van der Waals surface area contributed by atoms with Crippen LogP contribution in [0.2, 0.25) is 0 Å². The van der Waals surface area contributed by atoms with Crippen LogP contribution in [0, 0.1) is 5.92 Å². The van der Waals surface area contributed by atoms with Gasteiger partial charge in [-0.3, -0.25) is 15.0 Å². The van der Waals surface area contributed by atoms with Gasteiger partial charge in [-0.15, -0.1) is 0 Å². The number of hydrogen-bond acceptors (Lipinski definition) is 8. The molecule has 3 unspecified atom stereocenters. The van der Waals surface area contributed by atoms with Crippen molar-refractivity contribution >= 4 is 11.7 Å². The maximum Gasteiger partial charge on any atom is 0.243 e. The molecule has 178 valence electrons. The minimum absolute atomic E-state index is 0.0763. The zero-order valence-corrected chi connectivity index (χ0v) is 19.6. The predicted octanol–water partition coefficient (Wildman–Crippen LogP) is 0.690. The number of nitrogens with two attached hydrogens (primary N) is 1. The van der Waals surface area contributed by atoms with Gasteiger partial charge in [0.25, 0.3) is 0 Å². The van der Waals surface area contributed by atoms with Crippen molar-refractivity contribution in [1.82, 2.24) is 25.8 Å². The van der Waals surface area contributed by atoms with Crippen molar-refractivity contribution < 1.29 is 9.53 Å². The fraction of sp³-hybridized carbons (Fsp3) is 0.652. The van der Waals surface area contributed by atoms with Crippen LogP contribution < -0.4 is 21.7 Å². The van der Waals surface area contributed by atoms with Crippen LogP contribution in [-0.2, 0) is 9.53 Å². The van der Waals surface area contributed by atoms with Gasteiger partial charge < -0.3 is 26.0 Å². The predicted molar refractivity (Wildman–Crippen MR) is 127 cm³/mol. The molecule has 1 saturated heterocycles. The minimum atomic E-state index is -0.429. The molecule has 9 heteroatoms. The van der Waals surface area contributed by atoms with Crippen LogP contribution in [0.5, 0.6) is 0 Å². The van der Waals surface area contributed by atoms with Gasteiger partial charge in [0.1, 0.15) is 11.7 Å². The molecule has 5 N–H and O–H groups in total. The van der Waals surface area contributed by atoms with Crippen molar-refractivity contribution in [3.05, 3.63) is 35.8 Å². The monoisotopic (exact) mass is 445 g/mol. The van der Waals surface area contributed by atoms with Crippen LogP contribution in [0.25, 0.3) is 0 Å². The van der Waals surface area contributed by atoms with Gasteiger partial charge >= 0.3 is 0 Å². The number of amides is 1. The maximum atomic E-state index is 12.5. The summed E-state index contributed by atoms with van der Waals surface area (Å²) in [6.07, 6.45) is 11.5. The highest BCUT2D eigenvalue weighted by Gasteiger charge is 2.22. The molecule has 3 atom stereocenters. The highest BCUT2D eigenvalue weighted by Crippen LogP contribution is 2.21. The molecule has 0 aromatic rings. The Morgan fingerprint density at radius 1 is 1.38 bits per heavy atom. The number of allylic oxidation sites excluding steroid dienone is 1. The summed E-state index contributed by atoms with van der Waals surface area (Å²) in [5.74, 6) is 1.35. The largest absolute Gasteiger partial charge is 0.384 e. The van der Waals surface area contributed by atoms with E-state index in [1.165, 1.54) is 37.7 Å². The minimum Gasteiger partial charge on any atom is -0.384 e. The number of methoxy groups -OCH3 is 1. The van der Waals surface area contributed by atoms with E-state index in [9.17, 15) is 4.79 Å². The normalized spacial score (nSPS) is 29.3. The van der Waals surface area contributed by atoms with Crippen LogP contribution in [0.15, 0.2) is 40.8 Å². The van der Waals surface area contributed by atoms with Gasteiger partial charge in [-0.05, 0) is 57.7 Å². The summed E-state index contributed by atoms with van der Waals surface area (Å²) in [5, 5.41) is 9.25. The lowest BCUT2D eigenvalue weighted by molar-refractivity contribution is -0.120. The molecule has 0 radical (unpaired) electrons. The van der Waals surface area contributed by atoms with E-state index >= 15 is 0 Å². The number of nitrogens with one attached hydrogen (secondary N) is 3. The third-order valence-electron chi connectivity index (χ3n) is 5.94. The first-order valence-electron chi connectivity index (χ1n) is 11.6. The van der Waals surface area contributed by atoms with E-state index in [1.54, 1.807) is 7.11 Å². The Morgan fingerprint density at radius 2 is 2.16 bits per heavy atom. The summed E-state index contributed by atoms with van der Waals surface area (Å²) in [6.45, 7) is 8.87. The van der Waals surface area contributed by atoms with Crippen LogP contribution in [0.1, 0.15) is 33.1 Å². The van der Waals surface area contributed by atoms with E-state index in [-0.39, 0.29) is 18.5 Å². The molecule has 9 nitrogen and oxygen atoms in total. The van der Waals surface area contributed by atoms with E-state index in [0.717, 1.165) is 25.3 Å². The van der Waals surface area contributed by atoms with Gasteiger partial charge in [-0.25, -0.2) is 4.99 Å². The number of aliphatic imine (C=N–C) groups is 1. The van der Waals surface area contributed by atoms with Crippen molar-refractivity contribution in [3.63, 3.8) is 0 Å². The van der Waals surface area contributed by atoms with E-state index in [2.05, 4.69) is 44.0 Å². The Balaban J connectivity index is 1.71. The van der Waals surface area contributed by atoms with Crippen molar-refractivity contribution in [2.75, 3.05) is 46.4 Å². The number of nitrogens with zero attached hydrogens (tertiary/aromatic N) is 3. The Hall–Kier alpha value is -2.36. The number of carbonyl (C=O) groups is 1. The van der Waals surface area contributed by atoms with Gasteiger partial charge in [0.15, 0.2) is 6.29 Å². The fourth-order valence-electron chi connectivity index (χ4n) is 4.37. The number of amidine groups is 1. The Bertz CT molecular complexity index is 755. The molecule has 1 amide bonds. The lowest BCUT2D eigenvalue weighted by Gasteiger charge is -2.31. The second kappa shape index (κ2) is 12.0. The molecule has 0 saturated carbocycles. The van der Waals surface area contributed by atoms with E-state index in [0.29, 0.717) is 18.3 Å². The Labute approximate surface area is 191 Å². The van der Waals surface area contributed by atoms with Crippen LogP contribution in [0.3, 0.4) is 0 Å². The van der Waals surface area contributed by atoms with E-state index in [1.807, 2.05) is 13.8 Å². The van der Waals surface area contributed by atoms with Gasteiger partial charge in [0.05, 0.1) is 13.2 Å². The second-order valence-corrected chi connectivity index (χ2v) is 8.92. The molecule has 0 aromatic carbocycles. The number of ether oxygens (including phenoxy) is 1. The smallest absolute Gasteiger partial charge is 0.243 e. The van der Waals surface area contributed by atoms with Crippen molar-refractivity contribution in [2.24, 2.45) is 16.6 Å². The molecular weight excluding hydrogens is 406 g/mol. The third kappa shape index (κ3) is 7.65. The summed E-state index contributed by atoms with van der Waals surface area (Å²) in [6, 6.07) is 0.0763. The van der Waals surface area contributed by atoms with Gasteiger partial charge in [-0.1, -0.05) is 18.2 Å². The first kappa shape index (κ1) is 24.3. The summed E-state index contributed by atoms with van der Waals surface area (Å²) < 4.78 is 5.22. The van der Waals surface area contributed by atoms with Crippen LogP contribution >= 0.6 is 0 Å². The number of hydrogen-bond donors (Lipinski definition) is 4. The lowest BCUT2D eigenvalue weighted by atomic mass is 9.95. The summed E-state index contributed by atoms with van der Waals surface area (Å²) in [7, 11) is 1.67. The molecule has 1 aliphatic carbocycles. The summed E-state index contributed by atoms with van der Waals surface area (Å²) >= 11 is 0. The second-order valence-electron chi connectivity index (χ2n) is 8.92.